The maximum atomic E-state index is 10.0. The topological polar surface area (TPSA) is 124 Å². The van der Waals surface area contributed by atoms with Crippen molar-refractivity contribution in [1.29, 1.82) is 0 Å². The third-order valence-electron chi connectivity index (χ3n) is 8.00. The first-order valence-electron chi connectivity index (χ1n) is 19.8. The van der Waals surface area contributed by atoms with Gasteiger partial charge in [0.05, 0.1) is 44.7 Å². The fourth-order valence-electron chi connectivity index (χ4n) is 4.99. The Morgan fingerprint density at radius 2 is 1.02 bits per heavy atom. The summed E-state index contributed by atoms with van der Waals surface area (Å²) in [6.07, 6.45) is 18.1. The minimum absolute atomic E-state index is 0. The maximum Gasteiger partial charge on any atom is 1.00 e. The van der Waals surface area contributed by atoms with E-state index in [9.17, 15) is 4.79 Å². The second-order valence-electron chi connectivity index (χ2n) is 14.8. The Labute approximate surface area is 348 Å². The van der Waals surface area contributed by atoms with Crippen LogP contribution in [0.15, 0.2) is 0 Å². The van der Waals surface area contributed by atoms with Gasteiger partial charge in [0.25, 0.3) is 0 Å². The Hall–Kier alpha value is 0.830. The van der Waals surface area contributed by atoms with E-state index in [1.807, 2.05) is 6.92 Å². The summed E-state index contributed by atoms with van der Waals surface area (Å²) in [7, 11) is 0. The summed E-state index contributed by atoms with van der Waals surface area (Å²) in [4.78, 5) is 10.0. The Balaban J connectivity index is -0.000000140. The van der Waals surface area contributed by atoms with Gasteiger partial charge in [-0.15, -0.1) is 0 Å². The van der Waals surface area contributed by atoms with Gasteiger partial charge in [-0.3, -0.25) is 0 Å². The number of alkyl halides is 1. The number of halogens is 1. The molecule has 0 spiro atoms. The number of ether oxygens (including phenoxy) is 6. The third kappa shape index (κ3) is 48.8. The Morgan fingerprint density at radius 3 is 1.37 bits per heavy atom. The summed E-state index contributed by atoms with van der Waals surface area (Å²) >= 11 is 3.35. The number of aldehydes is 1. The summed E-state index contributed by atoms with van der Waals surface area (Å²) in [6, 6.07) is 0. The van der Waals surface area contributed by atoms with E-state index in [0.29, 0.717) is 18.6 Å². The van der Waals surface area contributed by atoms with Crippen molar-refractivity contribution in [2.75, 3.05) is 45.0 Å². The molecule has 0 amide bonds. The van der Waals surface area contributed by atoms with Crippen LogP contribution in [-0.4, -0.2) is 92.7 Å². The molecule has 0 radical (unpaired) electrons. The molecule has 2 fully saturated rings. The van der Waals surface area contributed by atoms with Gasteiger partial charge in [0.2, 0.25) is 0 Å². The molecule has 2 saturated heterocycles. The van der Waals surface area contributed by atoms with E-state index in [-0.39, 0.29) is 56.6 Å². The Bertz CT molecular complexity index is 666. The molecular formula is C40H85BrNaO9+. The third-order valence-corrected chi connectivity index (χ3v) is 8.56. The second kappa shape index (κ2) is 43.6. The zero-order valence-corrected chi connectivity index (χ0v) is 38.5. The normalized spacial score (nSPS) is 16.2. The van der Waals surface area contributed by atoms with Gasteiger partial charge in [0.15, 0.2) is 12.6 Å². The van der Waals surface area contributed by atoms with E-state index in [1.165, 1.54) is 38.5 Å². The van der Waals surface area contributed by atoms with Crippen LogP contribution in [0.3, 0.4) is 0 Å². The summed E-state index contributed by atoms with van der Waals surface area (Å²) in [5, 5.41) is 9.90. The molecule has 2 rings (SSSR count). The molecule has 2 aliphatic heterocycles. The van der Waals surface area contributed by atoms with Crippen LogP contribution in [0, 0.1) is 17.8 Å². The van der Waals surface area contributed by atoms with E-state index >= 15 is 0 Å². The van der Waals surface area contributed by atoms with Crippen LogP contribution in [-0.2, 0) is 33.2 Å². The van der Waals surface area contributed by atoms with Crippen molar-refractivity contribution in [1.82, 2.24) is 0 Å². The minimum Gasteiger partial charge on any atom is -1.00 e. The zero-order chi connectivity index (χ0) is 37.1. The predicted octanol–water partition coefficient (Wildman–Crippen LogP) is 6.70. The van der Waals surface area contributed by atoms with Crippen LogP contribution in [0.5, 0.6) is 0 Å². The van der Waals surface area contributed by atoms with Crippen molar-refractivity contribution < 1.29 is 76.2 Å². The van der Waals surface area contributed by atoms with Crippen molar-refractivity contribution >= 4 is 22.2 Å². The number of hydrogen-bond donors (Lipinski definition) is 1. The second-order valence-corrected chi connectivity index (χ2v) is 15.6. The molecule has 2 heterocycles. The average molecular weight is 813 g/mol. The molecule has 51 heavy (non-hydrogen) atoms. The molecular weight excluding hydrogens is 727 g/mol. The number of hydrogen-bond acceptors (Lipinski definition) is 8. The first-order chi connectivity index (χ1) is 23.4. The number of aliphatic hydroxyl groups is 1. The van der Waals surface area contributed by atoms with Crippen molar-refractivity contribution in [3.8, 4) is 0 Å². The summed E-state index contributed by atoms with van der Waals surface area (Å²) in [6.45, 7) is 24.2. The number of unbranched alkanes of at least 4 members (excludes halogenated alkanes) is 1. The van der Waals surface area contributed by atoms with Crippen molar-refractivity contribution in [2.24, 2.45) is 17.8 Å². The molecule has 0 aliphatic carbocycles. The van der Waals surface area contributed by atoms with E-state index in [4.69, 9.17) is 33.5 Å². The smallest absolute Gasteiger partial charge is 1.00 e. The van der Waals surface area contributed by atoms with E-state index in [1.54, 1.807) is 0 Å². The SMILES string of the molecule is BrCCCC1OCCO1.CC(C)CCCC(C)O.CC(C)CCCC(C)OCCCC1OCCO1.CC(C)CCCC(C)OCCCC=O.O.[H+].[H-].[Na+]. The molecule has 11 heteroatoms. The standard InChI is InChI=1S/C14H28O3.C12H24O2.C8H18O.C6H11BrO2.Na.H2O.H/c1-12(2)6-4-7-13(3)15-9-5-8-14-16-10-11-17-14;1-11(2)7-6-8-12(3)14-10-5-4-9-13;1-7(2)5-4-6-8(3)9;7-3-1-2-6-8-4-5-9-6;;;/h12-14H,4-11H2,1-3H3;9,11-12H,4-8,10H2,1-3H3;7-9H,4-6H2,1-3H3;6H,1-5H2;;1H2;/q;;;;+1;;-1/p+1. The van der Waals surface area contributed by atoms with Crippen molar-refractivity contribution in [3.05, 3.63) is 0 Å². The van der Waals surface area contributed by atoms with Crippen LogP contribution in [0.4, 0.5) is 0 Å². The van der Waals surface area contributed by atoms with Gasteiger partial charge in [-0.1, -0.05) is 96.0 Å². The molecule has 0 aromatic heterocycles. The molecule has 9 nitrogen and oxygen atoms in total. The molecule has 2 aliphatic rings. The monoisotopic (exact) mass is 812 g/mol. The van der Waals surface area contributed by atoms with Crippen molar-refractivity contribution in [3.63, 3.8) is 0 Å². The van der Waals surface area contributed by atoms with Gasteiger partial charge in [-0.05, 0) is 83.5 Å². The van der Waals surface area contributed by atoms with Gasteiger partial charge in [0.1, 0.15) is 6.29 Å². The molecule has 0 saturated carbocycles. The Kier molecular flexibility index (Phi) is 50.0. The first-order valence-corrected chi connectivity index (χ1v) is 20.9. The van der Waals surface area contributed by atoms with Crippen LogP contribution in [0.2, 0.25) is 0 Å². The molecule has 0 bridgehead atoms. The van der Waals surface area contributed by atoms with Crippen LogP contribution in [0.1, 0.15) is 161 Å². The zero-order valence-electron chi connectivity index (χ0n) is 36.9. The average Bonchev–Trinajstić information content (AvgIpc) is 3.76. The van der Waals surface area contributed by atoms with E-state index < -0.39 is 0 Å². The fraction of sp³-hybridized carbons (Fsp3) is 0.975. The quantitative estimate of drug-likeness (QED) is 0.0468. The maximum absolute atomic E-state index is 10.0. The molecule has 3 atom stereocenters. The van der Waals surface area contributed by atoms with Gasteiger partial charge < -0.3 is 45.2 Å². The molecule has 3 unspecified atom stereocenters. The largest absolute Gasteiger partial charge is 1.00 e. The molecule has 306 valence electrons. The molecule has 0 aromatic carbocycles. The number of rotatable bonds is 25. The number of carbonyl (C=O) groups is 1. The Morgan fingerprint density at radius 1 is 0.647 bits per heavy atom. The van der Waals surface area contributed by atoms with Crippen molar-refractivity contribution in [2.45, 2.75) is 190 Å². The van der Waals surface area contributed by atoms with Gasteiger partial charge in [0, 0.05) is 31.4 Å². The number of aliphatic hydroxyl groups excluding tert-OH is 1. The van der Waals surface area contributed by atoms with E-state index in [2.05, 4.69) is 71.3 Å². The van der Waals surface area contributed by atoms with E-state index in [0.717, 1.165) is 120 Å². The van der Waals surface area contributed by atoms with Crippen LogP contribution < -0.4 is 29.6 Å². The first kappa shape index (κ1) is 58.5. The van der Waals surface area contributed by atoms with Gasteiger partial charge in [-0.25, -0.2) is 0 Å². The minimum atomic E-state index is -0.108. The molecule has 3 N–H and O–H groups in total. The number of carbonyl (C=O) groups excluding carboxylic acids is 1. The summed E-state index contributed by atoms with van der Waals surface area (Å²) in [5.41, 5.74) is 0. The predicted molar refractivity (Wildman–Crippen MR) is 213 cm³/mol. The van der Waals surface area contributed by atoms with Gasteiger partial charge in [-0.2, -0.15) is 0 Å². The summed E-state index contributed by atoms with van der Waals surface area (Å²) in [5.74, 6) is 2.37. The summed E-state index contributed by atoms with van der Waals surface area (Å²) < 4.78 is 32.5. The fourth-order valence-corrected chi connectivity index (χ4v) is 5.32. The van der Waals surface area contributed by atoms with Gasteiger partial charge >= 0.3 is 31.0 Å². The molecule has 0 aromatic rings. The van der Waals surface area contributed by atoms with Crippen LogP contribution in [0.25, 0.3) is 0 Å². The van der Waals surface area contributed by atoms with Crippen LogP contribution >= 0.6 is 15.9 Å².